The van der Waals surface area contributed by atoms with E-state index < -0.39 is 17.7 Å². The molecule has 2 aromatic rings. The molecule has 7 nitrogen and oxygen atoms in total. The Morgan fingerprint density at radius 2 is 1.52 bits per heavy atom. The van der Waals surface area contributed by atoms with Crippen LogP contribution in [-0.4, -0.2) is 23.6 Å². The van der Waals surface area contributed by atoms with Crippen LogP contribution in [0, 0.1) is 13.8 Å². The zero-order valence-corrected chi connectivity index (χ0v) is 16.7. The number of hydrogen-bond donors (Lipinski definition) is 2. The maximum Gasteiger partial charge on any atom is 0.350 e. The van der Waals surface area contributed by atoms with E-state index in [9.17, 15) is 14.4 Å². The van der Waals surface area contributed by atoms with Gasteiger partial charge < -0.3 is 20.1 Å². The maximum atomic E-state index is 12.8. The summed E-state index contributed by atoms with van der Waals surface area (Å²) >= 11 is 0. The first-order chi connectivity index (χ1) is 13.7. The molecule has 1 heterocycles. The lowest BCUT2D eigenvalue weighted by atomic mass is 10.1. The molecule has 0 aliphatic carbocycles. The minimum Gasteiger partial charge on any atom is -0.419 e. The fourth-order valence-electron chi connectivity index (χ4n) is 2.93. The molecule has 0 atom stereocenters. The highest BCUT2D eigenvalue weighted by Gasteiger charge is 2.39. The van der Waals surface area contributed by atoms with Gasteiger partial charge in [0.05, 0.1) is 11.3 Å². The minimum absolute atomic E-state index is 0.283. The molecule has 0 aromatic heterocycles. The highest BCUT2D eigenvalue weighted by molar-refractivity contribution is 6.15. The lowest BCUT2D eigenvalue weighted by Crippen LogP contribution is -2.42. The van der Waals surface area contributed by atoms with Crippen LogP contribution in [-0.2, 0) is 19.1 Å². The van der Waals surface area contributed by atoms with Crippen LogP contribution in [0.4, 0.5) is 11.4 Å². The molecular formula is C22H22N2O5. The van der Waals surface area contributed by atoms with E-state index in [1.54, 1.807) is 24.3 Å². The van der Waals surface area contributed by atoms with Gasteiger partial charge in [0.1, 0.15) is 0 Å². The van der Waals surface area contributed by atoms with Crippen molar-refractivity contribution in [2.45, 2.75) is 33.5 Å². The summed E-state index contributed by atoms with van der Waals surface area (Å²) in [5.74, 6) is -3.22. The summed E-state index contributed by atoms with van der Waals surface area (Å²) in [5.41, 5.74) is 3.13. The quantitative estimate of drug-likeness (QED) is 0.467. The highest BCUT2D eigenvalue weighted by Crippen LogP contribution is 2.25. The predicted molar refractivity (Wildman–Crippen MR) is 108 cm³/mol. The van der Waals surface area contributed by atoms with Gasteiger partial charge in [0.15, 0.2) is 5.57 Å². The fraction of sp³-hybridized carbons (Fsp3) is 0.227. The van der Waals surface area contributed by atoms with E-state index in [1.807, 2.05) is 32.0 Å². The molecule has 0 saturated carbocycles. The van der Waals surface area contributed by atoms with Crippen molar-refractivity contribution in [2.24, 2.45) is 0 Å². The minimum atomic E-state index is -1.31. The molecule has 150 valence electrons. The lowest BCUT2D eigenvalue weighted by Gasteiger charge is -2.29. The van der Waals surface area contributed by atoms with Gasteiger partial charge in [-0.15, -0.1) is 0 Å². The van der Waals surface area contributed by atoms with Crippen molar-refractivity contribution >= 4 is 29.2 Å². The zero-order valence-electron chi connectivity index (χ0n) is 16.7. The second-order valence-electron chi connectivity index (χ2n) is 7.15. The van der Waals surface area contributed by atoms with Crippen molar-refractivity contribution in [3.8, 4) is 0 Å². The molecule has 1 amide bonds. The van der Waals surface area contributed by atoms with E-state index in [0.717, 1.165) is 16.8 Å². The first-order valence-corrected chi connectivity index (χ1v) is 9.08. The number of carbonyl (C=O) groups excluding carboxylic acids is 3. The van der Waals surface area contributed by atoms with Crippen LogP contribution in [0.1, 0.15) is 35.3 Å². The van der Waals surface area contributed by atoms with E-state index >= 15 is 0 Å². The second kappa shape index (κ2) is 7.79. The number of rotatable bonds is 4. The standard InChI is InChI=1S/C22H22N2O5/c1-13-8-7-9-14(2)18(13)24-19(25)15-10-5-6-11-17(15)23-12-16-20(26)28-22(3,4)29-21(16)27/h5-12,23H,1-4H3,(H,24,25). The van der Waals surface area contributed by atoms with Gasteiger partial charge in [0.2, 0.25) is 0 Å². The zero-order chi connectivity index (χ0) is 21.2. The number of carbonyl (C=O) groups is 3. The van der Waals surface area contributed by atoms with E-state index in [1.165, 1.54) is 20.0 Å². The molecule has 1 aliphatic heterocycles. The van der Waals surface area contributed by atoms with Crippen LogP contribution >= 0.6 is 0 Å². The van der Waals surface area contributed by atoms with Crippen LogP contribution in [0.15, 0.2) is 54.2 Å². The summed E-state index contributed by atoms with van der Waals surface area (Å²) in [7, 11) is 0. The number of nitrogens with one attached hydrogen (secondary N) is 2. The maximum absolute atomic E-state index is 12.8. The number of benzene rings is 2. The Morgan fingerprint density at radius 3 is 2.14 bits per heavy atom. The lowest BCUT2D eigenvalue weighted by molar-refractivity contribution is -0.222. The summed E-state index contributed by atoms with van der Waals surface area (Å²) in [4.78, 5) is 37.0. The number of amides is 1. The Hall–Kier alpha value is -3.61. The summed E-state index contributed by atoms with van der Waals surface area (Å²) in [6.45, 7) is 6.78. The van der Waals surface area contributed by atoms with Gasteiger partial charge >= 0.3 is 11.9 Å². The van der Waals surface area contributed by atoms with Gasteiger partial charge in [0.25, 0.3) is 11.7 Å². The summed E-state index contributed by atoms with van der Waals surface area (Å²) in [6, 6.07) is 12.5. The Kier molecular flexibility index (Phi) is 5.41. The largest absolute Gasteiger partial charge is 0.419 e. The summed E-state index contributed by atoms with van der Waals surface area (Å²) in [5, 5.41) is 5.76. The average molecular weight is 394 g/mol. The molecule has 3 rings (SSSR count). The number of cyclic esters (lactones) is 2. The number of aryl methyl sites for hydroxylation is 2. The topological polar surface area (TPSA) is 93.7 Å². The van der Waals surface area contributed by atoms with Gasteiger partial charge in [-0.2, -0.15) is 0 Å². The Balaban J connectivity index is 1.83. The molecule has 0 spiro atoms. The Morgan fingerprint density at radius 1 is 0.931 bits per heavy atom. The number of hydrogen-bond acceptors (Lipinski definition) is 6. The van der Waals surface area contributed by atoms with Gasteiger partial charge in [-0.1, -0.05) is 30.3 Å². The molecule has 1 aliphatic rings. The fourth-order valence-corrected chi connectivity index (χ4v) is 2.93. The monoisotopic (exact) mass is 394 g/mol. The predicted octanol–water partition coefficient (Wildman–Crippen LogP) is 3.69. The van der Waals surface area contributed by atoms with Crippen LogP contribution in [0.3, 0.4) is 0 Å². The SMILES string of the molecule is Cc1cccc(C)c1NC(=O)c1ccccc1NC=C1C(=O)OC(C)(C)OC1=O. The average Bonchev–Trinajstić information content (AvgIpc) is 2.63. The highest BCUT2D eigenvalue weighted by atomic mass is 16.7. The van der Waals surface area contributed by atoms with Gasteiger partial charge in [0, 0.05) is 25.7 Å². The molecule has 0 unspecified atom stereocenters. The van der Waals surface area contributed by atoms with Crippen molar-refractivity contribution in [2.75, 3.05) is 10.6 Å². The first-order valence-electron chi connectivity index (χ1n) is 9.08. The van der Waals surface area contributed by atoms with Gasteiger partial charge in [-0.3, -0.25) is 4.79 Å². The number of esters is 2. The molecule has 1 fully saturated rings. The molecule has 29 heavy (non-hydrogen) atoms. The van der Waals surface area contributed by atoms with E-state index in [0.29, 0.717) is 11.3 Å². The third kappa shape index (κ3) is 4.45. The molecule has 2 aromatic carbocycles. The number of ether oxygens (including phenoxy) is 2. The second-order valence-corrected chi connectivity index (χ2v) is 7.15. The molecule has 2 N–H and O–H groups in total. The molecular weight excluding hydrogens is 372 g/mol. The van der Waals surface area contributed by atoms with E-state index in [2.05, 4.69) is 10.6 Å². The van der Waals surface area contributed by atoms with Crippen molar-refractivity contribution in [3.05, 3.63) is 70.9 Å². The van der Waals surface area contributed by atoms with Crippen LogP contribution < -0.4 is 10.6 Å². The van der Waals surface area contributed by atoms with Crippen LogP contribution in [0.25, 0.3) is 0 Å². The van der Waals surface area contributed by atoms with Crippen molar-refractivity contribution in [1.82, 2.24) is 0 Å². The van der Waals surface area contributed by atoms with Crippen molar-refractivity contribution in [1.29, 1.82) is 0 Å². The molecule has 7 heteroatoms. The van der Waals surface area contributed by atoms with Crippen LogP contribution in [0.5, 0.6) is 0 Å². The number of para-hydroxylation sites is 2. The number of anilines is 2. The summed E-state index contributed by atoms with van der Waals surface area (Å²) < 4.78 is 10.1. The Labute approximate surface area is 168 Å². The van der Waals surface area contributed by atoms with Crippen molar-refractivity contribution < 1.29 is 23.9 Å². The first kappa shape index (κ1) is 20.1. The third-order valence-corrected chi connectivity index (χ3v) is 4.38. The Bertz CT molecular complexity index is 981. The normalized spacial score (nSPS) is 15.2. The van der Waals surface area contributed by atoms with Gasteiger partial charge in [-0.25, -0.2) is 9.59 Å². The van der Waals surface area contributed by atoms with Gasteiger partial charge in [-0.05, 0) is 37.1 Å². The van der Waals surface area contributed by atoms with Crippen LogP contribution in [0.2, 0.25) is 0 Å². The summed E-state index contributed by atoms with van der Waals surface area (Å²) in [6.07, 6.45) is 1.19. The smallest absolute Gasteiger partial charge is 0.350 e. The third-order valence-electron chi connectivity index (χ3n) is 4.38. The molecule has 0 radical (unpaired) electrons. The van der Waals surface area contributed by atoms with E-state index in [-0.39, 0.29) is 11.5 Å². The molecule has 1 saturated heterocycles. The van der Waals surface area contributed by atoms with E-state index in [4.69, 9.17) is 9.47 Å². The van der Waals surface area contributed by atoms with Crippen molar-refractivity contribution in [3.63, 3.8) is 0 Å². The molecule has 0 bridgehead atoms.